The van der Waals surface area contributed by atoms with Crippen LogP contribution in [0.4, 0.5) is 9.59 Å². The molecule has 0 aliphatic carbocycles. The smallest absolute Gasteiger partial charge is 0.426 e. The number of benzene rings is 1. The third kappa shape index (κ3) is 9.83. The number of rotatable bonds is 7. The van der Waals surface area contributed by atoms with Gasteiger partial charge in [-0.15, -0.1) is 0 Å². The van der Waals surface area contributed by atoms with Gasteiger partial charge in [0.05, 0.1) is 7.11 Å². The van der Waals surface area contributed by atoms with Crippen LogP contribution in [0.5, 0.6) is 0 Å². The Morgan fingerprint density at radius 1 is 1.03 bits per heavy atom. The molecule has 1 rings (SSSR count). The van der Waals surface area contributed by atoms with E-state index in [0.717, 1.165) is 17.7 Å². The number of amides is 3. The minimum Gasteiger partial charge on any atom is -0.468 e. The highest BCUT2D eigenvalue weighted by atomic mass is 16.6. The zero-order valence-electron chi connectivity index (χ0n) is 18.8. The molecular formula is C21H31N3O7. The van der Waals surface area contributed by atoms with E-state index in [2.05, 4.69) is 15.5 Å². The SMILES string of the molecule is COC(=O)CN(NC(=O)OC(C)(C)C)C(=O)C(NC(=O)OCc1ccccc1)C(C)C. The Bertz CT molecular complexity index is 760. The van der Waals surface area contributed by atoms with Gasteiger partial charge in [0.25, 0.3) is 5.91 Å². The number of hydrazine groups is 1. The fourth-order valence-electron chi connectivity index (χ4n) is 2.35. The average Bonchev–Trinajstić information content (AvgIpc) is 2.68. The molecule has 0 aromatic heterocycles. The molecule has 1 aromatic carbocycles. The van der Waals surface area contributed by atoms with Crippen molar-refractivity contribution in [2.75, 3.05) is 13.7 Å². The molecule has 0 saturated carbocycles. The number of ether oxygens (including phenoxy) is 3. The first-order valence-corrected chi connectivity index (χ1v) is 9.78. The highest BCUT2D eigenvalue weighted by Crippen LogP contribution is 2.10. The van der Waals surface area contributed by atoms with Crippen LogP contribution < -0.4 is 10.7 Å². The summed E-state index contributed by atoms with van der Waals surface area (Å²) in [4.78, 5) is 49.1. The second kappa shape index (κ2) is 11.8. The first-order valence-electron chi connectivity index (χ1n) is 9.78. The van der Waals surface area contributed by atoms with Gasteiger partial charge >= 0.3 is 18.2 Å². The van der Waals surface area contributed by atoms with E-state index in [-0.39, 0.29) is 12.5 Å². The van der Waals surface area contributed by atoms with E-state index in [4.69, 9.17) is 9.47 Å². The lowest BCUT2D eigenvalue weighted by Gasteiger charge is -2.30. The summed E-state index contributed by atoms with van der Waals surface area (Å²) < 4.78 is 14.9. The van der Waals surface area contributed by atoms with Gasteiger partial charge < -0.3 is 19.5 Å². The molecule has 0 aliphatic heterocycles. The Kier molecular flexibility index (Phi) is 9.78. The maximum Gasteiger partial charge on any atom is 0.426 e. The maximum atomic E-state index is 13.0. The number of alkyl carbamates (subject to hydrolysis) is 1. The van der Waals surface area contributed by atoms with Crippen molar-refractivity contribution in [3.05, 3.63) is 35.9 Å². The van der Waals surface area contributed by atoms with E-state index < -0.39 is 42.3 Å². The van der Waals surface area contributed by atoms with E-state index in [1.54, 1.807) is 46.8 Å². The molecule has 1 unspecified atom stereocenters. The summed E-state index contributed by atoms with van der Waals surface area (Å²) in [6.45, 7) is 7.81. The third-order valence-electron chi connectivity index (χ3n) is 3.82. The highest BCUT2D eigenvalue weighted by Gasteiger charge is 2.32. The summed E-state index contributed by atoms with van der Waals surface area (Å²) in [5.41, 5.74) is 2.20. The summed E-state index contributed by atoms with van der Waals surface area (Å²) in [6.07, 6.45) is -1.75. The quantitative estimate of drug-likeness (QED) is 0.381. The van der Waals surface area contributed by atoms with Crippen LogP contribution in [0.1, 0.15) is 40.2 Å². The molecular weight excluding hydrogens is 406 g/mol. The van der Waals surface area contributed by atoms with Crippen LogP contribution in [0.3, 0.4) is 0 Å². The van der Waals surface area contributed by atoms with E-state index in [1.807, 2.05) is 18.2 Å². The van der Waals surface area contributed by atoms with Crippen molar-refractivity contribution in [2.24, 2.45) is 5.92 Å². The molecule has 0 bridgehead atoms. The number of hydrogen-bond donors (Lipinski definition) is 2. The Labute approximate surface area is 182 Å². The Balaban J connectivity index is 2.87. The molecule has 10 heteroatoms. The van der Waals surface area contributed by atoms with Gasteiger partial charge in [0.15, 0.2) is 0 Å². The lowest BCUT2D eigenvalue weighted by atomic mass is 10.0. The standard InChI is InChI=1S/C21H31N3O7/c1-14(2)17(22-19(27)30-13-15-10-8-7-9-11-15)18(26)24(12-16(25)29-6)23-20(28)31-21(3,4)5/h7-11,14,17H,12-13H2,1-6H3,(H,22,27)(H,23,28). The van der Waals surface area contributed by atoms with Gasteiger partial charge in [-0.25, -0.2) is 20.0 Å². The zero-order valence-corrected chi connectivity index (χ0v) is 18.8. The minimum absolute atomic E-state index is 0.0215. The number of esters is 1. The monoisotopic (exact) mass is 437 g/mol. The van der Waals surface area contributed by atoms with Crippen molar-refractivity contribution >= 4 is 24.1 Å². The van der Waals surface area contributed by atoms with Gasteiger partial charge in [0, 0.05) is 0 Å². The second-order valence-corrected chi connectivity index (χ2v) is 8.04. The molecule has 0 heterocycles. The molecule has 10 nitrogen and oxygen atoms in total. The van der Waals surface area contributed by atoms with Gasteiger partial charge in [0.1, 0.15) is 24.8 Å². The molecule has 0 saturated heterocycles. The third-order valence-corrected chi connectivity index (χ3v) is 3.82. The topological polar surface area (TPSA) is 123 Å². The predicted octanol–water partition coefficient (Wildman–Crippen LogP) is 2.38. The molecule has 0 aliphatic rings. The average molecular weight is 437 g/mol. The molecule has 0 fully saturated rings. The van der Waals surface area contributed by atoms with Crippen LogP contribution in [0, 0.1) is 5.92 Å². The van der Waals surface area contributed by atoms with Crippen LogP contribution in [-0.4, -0.2) is 54.4 Å². The Hall–Kier alpha value is -3.30. The first-order chi connectivity index (χ1) is 14.4. The van der Waals surface area contributed by atoms with Gasteiger partial charge in [-0.3, -0.25) is 9.59 Å². The van der Waals surface area contributed by atoms with Gasteiger partial charge in [-0.2, -0.15) is 0 Å². The lowest BCUT2D eigenvalue weighted by Crippen LogP contribution is -2.58. The number of carbonyl (C=O) groups excluding carboxylic acids is 4. The van der Waals surface area contributed by atoms with Crippen LogP contribution in [0.25, 0.3) is 0 Å². The van der Waals surface area contributed by atoms with Crippen LogP contribution in [-0.2, 0) is 30.4 Å². The Morgan fingerprint density at radius 2 is 1.65 bits per heavy atom. The van der Waals surface area contributed by atoms with Gasteiger partial charge in [-0.1, -0.05) is 44.2 Å². The maximum absolute atomic E-state index is 13.0. The van der Waals surface area contributed by atoms with Crippen LogP contribution >= 0.6 is 0 Å². The number of carbonyl (C=O) groups is 4. The predicted molar refractivity (Wildman–Crippen MR) is 111 cm³/mol. The number of nitrogens with zero attached hydrogens (tertiary/aromatic N) is 1. The lowest BCUT2D eigenvalue weighted by molar-refractivity contribution is -0.150. The summed E-state index contributed by atoms with van der Waals surface area (Å²) >= 11 is 0. The molecule has 31 heavy (non-hydrogen) atoms. The van der Waals surface area contributed by atoms with Crippen molar-refractivity contribution < 1.29 is 33.4 Å². The molecule has 1 atom stereocenters. The summed E-state index contributed by atoms with van der Waals surface area (Å²) in [5, 5.41) is 3.24. The van der Waals surface area contributed by atoms with Crippen molar-refractivity contribution in [3.63, 3.8) is 0 Å². The van der Waals surface area contributed by atoms with E-state index in [9.17, 15) is 19.2 Å². The molecule has 2 N–H and O–H groups in total. The fourth-order valence-corrected chi connectivity index (χ4v) is 2.35. The number of nitrogens with one attached hydrogen (secondary N) is 2. The van der Waals surface area contributed by atoms with Crippen molar-refractivity contribution in [1.29, 1.82) is 0 Å². The summed E-state index contributed by atoms with van der Waals surface area (Å²) in [5.74, 6) is -1.88. The normalized spacial score (nSPS) is 11.8. The minimum atomic E-state index is -1.08. The van der Waals surface area contributed by atoms with Crippen molar-refractivity contribution in [2.45, 2.75) is 52.9 Å². The fraction of sp³-hybridized carbons (Fsp3) is 0.524. The first kappa shape index (κ1) is 25.7. The zero-order chi connectivity index (χ0) is 23.6. The van der Waals surface area contributed by atoms with Crippen LogP contribution in [0.2, 0.25) is 0 Å². The van der Waals surface area contributed by atoms with E-state index in [0.29, 0.717) is 0 Å². The molecule has 3 amide bonds. The van der Waals surface area contributed by atoms with Gasteiger partial charge in [0.2, 0.25) is 0 Å². The highest BCUT2D eigenvalue weighted by molar-refractivity contribution is 5.89. The van der Waals surface area contributed by atoms with Crippen molar-refractivity contribution in [1.82, 2.24) is 15.8 Å². The number of methoxy groups -OCH3 is 1. The van der Waals surface area contributed by atoms with E-state index in [1.165, 1.54) is 0 Å². The molecule has 0 spiro atoms. The summed E-state index contributed by atoms with van der Waals surface area (Å²) in [7, 11) is 1.15. The second-order valence-electron chi connectivity index (χ2n) is 8.04. The number of hydrogen-bond acceptors (Lipinski definition) is 7. The van der Waals surface area contributed by atoms with Crippen LogP contribution in [0.15, 0.2) is 30.3 Å². The van der Waals surface area contributed by atoms with E-state index >= 15 is 0 Å². The largest absolute Gasteiger partial charge is 0.468 e. The summed E-state index contributed by atoms with van der Waals surface area (Å²) in [6, 6.07) is 7.96. The van der Waals surface area contributed by atoms with Gasteiger partial charge in [-0.05, 0) is 32.3 Å². The van der Waals surface area contributed by atoms with Crippen molar-refractivity contribution in [3.8, 4) is 0 Å². The Morgan fingerprint density at radius 3 is 2.16 bits per heavy atom. The molecule has 172 valence electrons. The molecule has 0 radical (unpaired) electrons. The molecule has 1 aromatic rings.